The first-order chi connectivity index (χ1) is 10.5. The van der Waals surface area contributed by atoms with Gasteiger partial charge in [0, 0.05) is 15.3 Å². The van der Waals surface area contributed by atoms with E-state index in [2.05, 4.69) is 10.1 Å². The van der Waals surface area contributed by atoms with Crippen LogP contribution in [0.15, 0.2) is 42.5 Å². The molecule has 1 N–H and O–H groups in total. The molecular weight excluding hydrogens is 407 g/mol. The average Bonchev–Trinajstić information content (AvgIpc) is 2.47. The van der Waals surface area contributed by atoms with Gasteiger partial charge in [-0.25, -0.2) is 0 Å². The Morgan fingerprint density at radius 2 is 1.91 bits per heavy atom. The molecule has 1 amide bonds. The third-order valence-electron chi connectivity index (χ3n) is 2.76. The summed E-state index contributed by atoms with van der Waals surface area (Å²) in [5.74, 6) is -0.316. The number of anilines is 1. The van der Waals surface area contributed by atoms with Gasteiger partial charge < -0.3 is 14.8 Å². The number of carbonyl (C=O) groups excluding carboxylic acids is 1. The summed E-state index contributed by atoms with van der Waals surface area (Å²) < 4.78 is 34.9. The quantitative estimate of drug-likeness (QED) is 0.741. The molecule has 7 heteroatoms. The number of hydrogen-bond acceptors (Lipinski definition) is 3. The normalized spacial score (nSPS) is 10.4. The van der Waals surface area contributed by atoms with Gasteiger partial charge in [0.15, 0.2) is 11.5 Å². The van der Waals surface area contributed by atoms with E-state index in [1.165, 1.54) is 19.2 Å². The molecule has 2 aromatic carbocycles. The smallest absolute Gasteiger partial charge is 0.387 e. The highest BCUT2D eigenvalue weighted by molar-refractivity contribution is 14.1. The SMILES string of the molecule is COc1ccc(NC(=O)c2ccccc2I)cc1OC(F)F. The van der Waals surface area contributed by atoms with Crippen LogP contribution in [0.3, 0.4) is 0 Å². The summed E-state index contributed by atoms with van der Waals surface area (Å²) in [5, 5.41) is 2.64. The van der Waals surface area contributed by atoms with Crippen molar-refractivity contribution in [1.82, 2.24) is 0 Å². The van der Waals surface area contributed by atoms with Crippen molar-refractivity contribution in [3.05, 3.63) is 51.6 Å². The zero-order valence-corrected chi connectivity index (χ0v) is 13.6. The van der Waals surface area contributed by atoms with Crippen molar-refractivity contribution in [2.75, 3.05) is 12.4 Å². The molecule has 0 radical (unpaired) electrons. The first kappa shape index (κ1) is 16.5. The monoisotopic (exact) mass is 419 g/mol. The maximum Gasteiger partial charge on any atom is 0.387 e. The van der Waals surface area contributed by atoms with Crippen molar-refractivity contribution in [3.8, 4) is 11.5 Å². The van der Waals surface area contributed by atoms with Crippen LogP contribution in [0.2, 0.25) is 0 Å². The molecule has 0 aliphatic carbocycles. The number of rotatable bonds is 5. The lowest BCUT2D eigenvalue weighted by molar-refractivity contribution is -0.0511. The fraction of sp³-hybridized carbons (Fsp3) is 0.133. The Balaban J connectivity index is 2.23. The molecule has 0 spiro atoms. The maximum atomic E-state index is 12.4. The Hall–Kier alpha value is -1.90. The molecule has 0 aliphatic heterocycles. The Labute approximate surface area is 139 Å². The van der Waals surface area contributed by atoms with E-state index in [-0.39, 0.29) is 17.4 Å². The Morgan fingerprint density at radius 1 is 1.18 bits per heavy atom. The predicted octanol–water partition coefficient (Wildman–Crippen LogP) is 4.15. The van der Waals surface area contributed by atoms with Crippen LogP contribution in [0.4, 0.5) is 14.5 Å². The molecule has 0 heterocycles. The molecule has 2 aromatic rings. The first-order valence-corrected chi connectivity index (χ1v) is 7.28. The third kappa shape index (κ3) is 4.06. The zero-order valence-electron chi connectivity index (χ0n) is 11.5. The number of nitrogens with one attached hydrogen (secondary N) is 1. The van der Waals surface area contributed by atoms with Gasteiger partial charge in [0.05, 0.1) is 12.7 Å². The van der Waals surface area contributed by atoms with Gasteiger partial charge in [-0.1, -0.05) is 12.1 Å². The maximum absolute atomic E-state index is 12.4. The molecule has 0 bridgehead atoms. The van der Waals surface area contributed by atoms with Crippen molar-refractivity contribution in [1.29, 1.82) is 0 Å². The molecule has 0 saturated heterocycles. The number of alkyl halides is 2. The van der Waals surface area contributed by atoms with E-state index < -0.39 is 6.61 Å². The van der Waals surface area contributed by atoms with E-state index in [1.54, 1.807) is 24.3 Å². The molecule has 116 valence electrons. The molecule has 0 aromatic heterocycles. The topological polar surface area (TPSA) is 47.6 Å². The molecule has 0 aliphatic rings. The lowest BCUT2D eigenvalue weighted by Gasteiger charge is -2.12. The summed E-state index contributed by atoms with van der Waals surface area (Å²) in [4.78, 5) is 12.2. The highest BCUT2D eigenvalue weighted by Gasteiger charge is 2.14. The van der Waals surface area contributed by atoms with Crippen molar-refractivity contribution < 1.29 is 23.0 Å². The molecule has 2 rings (SSSR count). The van der Waals surface area contributed by atoms with Crippen LogP contribution in [0, 0.1) is 3.57 Å². The Kier molecular flexibility index (Phi) is 5.53. The van der Waals surface area contributed by atoms with Crippen LogP contribution >= 0.6 is 22.6 Å². The second-order valence-electron chi connectivity index (χ2n) is 4.18. The van der Waals surface area contributed by atoms with Gasteiger partial charge in [0.2, 0.25) is 0 Å². The van der Waals surface area contributed by atoms with Crippen molar-refractivity contribution >= 4 is 34.2 Å². The van der Waals surface area contributed by atoms with E-state index >= 15 is 0 Å². The fourth-order valence-electron chi connectivity index (χ4n) is 1.79. The number of carbonyl (C=O) groups is 1. The first-order valence-electron chi connectivity index (χ1n) is 6.20. The van der Waals surface area contributed by atoms with Gasteiger partial charge >= 0.3 is 6.61 Å². The minimum Gasteiger partial charge on any atom is -0.493 e. The van der Waals surface area contributed by atoms with E-state index in [1.807, 2.05) is 28.7 Å². The van der Waals surface area contributed by atoms with Crippen molar-refractivity contribution in [3.63, 3.8) is 0 Å². The average molecular weight is 419 g/mol. The molecule has 0 fully saturated rings. The van der Waals surface area contributed by atoms with Gasteiger partial charge in [0.25, 0.3) is 5.91 Å². The number of hydrogen-bond donors (Lipinski definition) is 1. The Morgan fingerprint density at radius 3 is 2.55 bits per heavy atom. The van der Waals surface area contributed by atoms with E-state index in [9.17, 15) is 13.6 Å². The zero-order chi connectivity index (χ0) is 16.1. The molecule has 4 nitrogen and oxygen atoms in total. The molecular formula is C15H12F2INO3. The summed E-state index contributed by atoms with van der Waals surface area (Å²) in [6.07, 6.45) is 0. The number of benzene rings is 2. The predicted molar refractivity (Wildman–Crippen MR) is 86.7 cm³/mol. The van der Waals surface area contributed by atoms with Gasteiger partial charge in [-0.2, -0.15) is 8.78 Å². The molecule has 0 atom stereocenters. The Bertz CT molecular complexity index is 680. The van der Waals surface area contributed by atoms with Crippen molar-refractivity contribution in [2.24, 2.45) is 0 Å². The summed E-state index contributed by atoms with van der Waals surface area (Å²) in [5.41, 5.74) is 0.830. The van der Waals surface area contributed by atoms with E-state index in [0.717, 1.165) is 3.57 Å². The lowest BCUT2D eigenvalue weighted by Crippen LogP contribution is -2.13. The second kappa shape index (κ2) is 7.39. The van der Waals surface area contributed by atoms with Gasteiger partial charge in [-0.3, -0.25) is 4.79 Å². The highest BCUT2D eigenvalue weighted by atomic mass is 127. The van der Waals surface area contributed by atoms with E-state index in [4.69, 9.17) is 4.74 Å². The fourth-order valence-corrected chi connectivity index (χ4v) is 2.42. The lowest BCUT2D eigenvalue weighted by atomic mass is 10.2. The van der Waals surface area contributed by atoms with Gasteiger partial charge in [0.1, 0.15) is 0 Å². The minimum atomic E-state index is -2.98. The van der Waals surface area contributed by atoms with Crippen LogP contribution < -0.4 is 14.8 Å². The third-order valence-corrected chi connectivity index (χ3v) is 3.70. The summed E-state index contributed by atoms with van der Waals surface area (Å²) in [6, 6.07) is 11.3. The number of amides is 1. The van der Waals surface area contributed by atoms with Crippen LogP contribution in [-0.4, -0.2) is 19.6 Å². The number of methoxy groups -OCH3 is 1. The summed E-state index contributed by atoms with van der Waals surface area (Å²) in [7, 11) is 1.35. The molecule has 0 unspecified atom stereocenters. The highest BCUT2D eigenvalue weighted by Crippen LogP contribution is 2.31. The van der Waals surface area contributed by atoms with Crippen LogP contribution in [0.1, 0.15) is 10.4 Å². The van der Waals surface area contributed by atoms with Gasteiger partial charge in [-0.15, -0.1) is 0 Å². The van der Waals surface area contributed by atoms with E-state index in [0.29, 0.717) is 11.3 Å². The van der Waals surface area contributed by atoms with Crippen LogP contribution in [0.5, 0.6) is 11.5 Å². The molecule has 22 heavy (non-hydrogen) atoms. The largest absolute Gasteiger partial charge is 0.493 e. The number of ether oxygens (including phenoxy) is 2. The van der Waals surface area contributed by atoms with Gasteiger partial charge in [-0.05, 0) is 46.9 Å². The summed E-state index contributed by atoms with van der Waals surface area (Å²) >= 11 is 2.05. The second-order valence-corrected chi connectivity index (χ2v) is 5.34. The molecule has 0 saturated carbocycles. The minimum absolute atomic E-state index is 0.141. The van der Waals surface area contributed by atoms with Crippen LogP contribution in [-0.2, 0) is 0 Å². The number of halogens is 3. The van der Waals surface area contributed by atoms with Crippen LogP contribution in [0.25, 0.3) is 0 Å². The standard InChI is InChI=1S/C15H12F2INO3/c1-21-12-7-6-9(8-13(12)22-15(16)17)19-14(20)10-4-2-3-5-11(10)18/h2-8,15H,1H3,(H,19,20). The van der Waals surface area contributed by atoms with Crippen molar-refractivity contribution in [2.45, 2.75) is 6.61 Å². The summed E-state index contributed by atoms with van der Waals surface area (Å²) in [6.45, 7) is -2.98.